The fourth-order valence-corrected chi connectivity index (χ4v) is 2.69. The second-order valence-corrected chi connectivity index (χ2v) is 5.26. The van der Waals surface area contributed by atoms with Gasteiger partial charge in [0.05, 0.1) is 0 Å². The molecule has 112 valence electrons. The van der Waals surface area contributed by atoms with Crippen molar-refractivity contribution in [2.45, 2.75) is 25.4 Å². The first-order valence-electron chi connectivity index (χ1n) is 6.36. The minimum Gasteiger partial charge on any atom is -0.396 e. The van der Waals surface area contributed by atoms with Gasteiger partial charge in [-0.1, -0.05) is 6.42 Å². The van der Waals surface area contributed by atoms with E-state index in [1.54, 1.807) is 0 Å². The molecule has 2 rings (SSSR count). The van der Waals surface area contributed by atoms with E-state index >= 15 is 0 Å². The Morgan fingerprint density at radius 3 is 2.65 bits per heavy atom. The maximum Gasteiger partial charge on any atom is 0.433 e. The lowest BCUT2D eigenvalue weighted by molar-refractivity contribution is -0.141. The van der Waals surface area contributed by atoms with Crippen molar-refractivity contribution in [3.05, 3.63) is 17.0 Å². The third kappa shape index (κ3) is 3.73. The van der Waals surface area contributed by atoms with Crippen LogP contribution in [0.15, 0.2) is 6.07 Å². The van der Waals surface area contributed by atoms with E-state index in [2.05, 4.69) is 15.3 Å². The molecule has 0 radical (unpaired) electrons. The topological polar surface area (TPSA) is 58.0 Å². The number of rotatable bonds is 4. The predicted molar refractivity (Wildman–Crippen MR) is 68.5 cm³/mol. The molecule has 1 aromatic rings. The summed E-state index contributed by atoms with van der Waals surface area (Å²) in [7, 11) is 0. The van der Waals surface area contributed by atoms with Gasteiger partial charge in [-0.25, -0.2) is 9.97 Å². The lowest BCUT2D eigenvalue weighted by Gasteiger charge is -2.18. The highest BCUT2D eigenvalue weighted by Crippen LogP contribution is 2.32. The SMILES string of the molecule is OCC1CCCC1CNc1cc(C(F)(F)F)nc(Cl)n1. The molecule has 0 amide bonds. The number of hydrogen-bond donors (Lipinski definition) is 2. The molecule has 0 spiro atoms. The van der Waals surface area contributed by atoms with Crippen molar-refractivity contribution in [1.82, 2.24) is 9.97 Å². The van der Waals surface area contributed by atoms with Crippen LogP contribution in [0.3, 0.4) is 0 Å². The Kier molecular flexibility index (Phi) is 4.70. The van der Waals surface area contributed by atoms with Crippen molar-refractivity contribution in [3.63, 3.8) is 0 Å². The lowest BCUT2D eigenvalue weighted by Crippen LogP contribution is -2.21. The zero-order valence-corrected chi connectivity index (χ0v) is 11.4. The number of aromatic nitrogens is 2. The third-order valence-electron chi connectivity index (χ3n) is 3.59. The first-order valence-corrected chi connectivity index (χ1v) is 6.74. The summed E-state index contributed by atoms with van der Waals surface area (Å²) >= 11 is 5.51. The molecule has 1 heterocycles. The van der Waals surface area contributed by atoms with Gasteiger partial charge in [0.15, 0.2) is 5.69 Å². The van der Waals surface area contributed by atoms with Gasteiger partial charge in [0.25, 0.3) is 0 Å². The largest absolute Gasteiger partial charge is 0.433 e. The van der Waals surface area contributed by atoms with Crippen molar-refractivity contribution >= 4 is 17.4 Å². The molecule has 2 atom stereocenters. The average Bonchev–Trinajstić information content (AvgIpc) is 2.82. The van der Waals surface area contributed by atoms with Crippen molar-refractivity contribution in [1.29, 1.82) is 0 Å². The van der Waals surface area contributed by atoms with Crippen LogP contribution in [0, 0.1) is 11.8 Å². The number of halogens is 4. The quantitative estimate of drug-likeness (QED) is 0.840. The van der Waals surface area contributed by atoms with Gasteiger partial charge in [0.2, 0.25) is 5.28 Å². The highest BCUT2D eigenvalue weighted by atomic mass is 35.5. The Labute approximate surface area is 119 Å². The van der Waals surface area contributed by atoms with Gasteiger partial charge in [-0.3, -0.25) is 0 Å². The summed E-state index contributed by atoms with van der Waals surface area (Å²) in [6, 6.07) is 0.842. The number of nitrogens with zero attached hydrogens (tertiary/aromatic N) is 2. The molecule has 0 aliphatic heterocycles. The molecule has 1 fully saturated rings. The maximum atomic E-state index is 12.6. The second kappa shape index (κ2) is 6.13. The smallest absolute Gasteiger partial charge is 0.396 e. The van der Waals surface area contributed by atoms with E-state index in [0.29, 0.717) is 6.54 Å². The van der Waals surface area contributed by atoms with E-state index in [1.807, 2.05) is 0 Å². The zero-order valence-electron chi connectivity index (χ0n) is 10.6. The molecular formula is C12H15ClF3N3O. The van der Waals surface area contributed by atoms with Crippen LogP contribution in [0.4, 0.5) is 19.0 Å². The number of aliphatic hydroxyl groups excluding tert-OH is 1. The predicted octanol–water partition coefficient (Wildman–Crippen LogP) is 2.97. The Bertz CT molecular complexity index is 470. The Morgan fingerprint density at radius 2 is 2.00 bits per heavy atom. The van der Waals surface area contributed by atoms with E-state index in [1.165, 1.54) is 0 Å². The summed E-state index contributed by atoms with van der Waals surface area (Å²) in [6.45, 7) is 0.570. The summed E-state index contributed by atoms with van der Waals surface area (Å²) in [5.74, 6) is 0.492. The van der Waals surface area contributed by atoms with Crippen LogP contribution in [0.5, 0.6) is 0 Å². The molecule has 4 nitrogen and oxygen atoms in total. The molecule has 8 heteroatoms. The Hall–Kier alpha value is -1.08. The van der Waals surface area contributed by atoms with Crippen LogP contribution in [0.2, 0.25) is 5.28 Å². The molecule has 1 aliphatic carbocycles. The normalized spacial score (nSPS) is 23.1. The Balaban J connectivity index is 2.04. The van der Waals surface area contributed by atoms with E-state index < -0.39 is 17.2 Å². The average molecular weight is 310 g/mol. The molecule has 0 saturated heterocycles. The van der Waals surface area contributed by atoms with Crippen LogP contribution in [-0.4, -0.2) is 28.2 Å². The molecule has 1 aromatic heterocycles. The fourth-order valence-electron chi connectivity index (χ4n) is 2.51. The zero-order chi connectivity index (χ0) is 14.8. The number of nitrogens with one attached hydrogen (secondary N) is 1. The maximum absolute atomic E-state index is 12.6. The van der Waals surface area contributed by atoms with Crippen molar-refractivity contribution in [2.75, 3.05) is 18.5 Å². The van der Waals surface area contributed by atoms with Crippen LogP contribution < -0.4 is 5.32 Å². The van der Waals surface area contributed by atoms with Crippen LogP contribution in [0.1, 0.15) is 25.0 Å². The minimum atomic E-state index is -4.55. The summed E-state index contributed by atoms with van der Waals surface area (Å²) in [5.41, 5.74) is -1.06. The van der Waals surface area contributed by atoms with Gasteiger partial charge >= 0.3 is 6.18 Å². The van der Waals surface area contributed by atoms with Crippen LogP contribution >= 0.6 is 11.6 Å². The number of anilines is 1. The van der Waals surface area contributed by atoms with Crippen LogP contribution in [0.25, 0.3) is 0 Å². The molecule has 2 N–H and O–H groups in total. The molecular weight excluding hydrogens is 295 g/mol. The summed E-state index contributed by atoms with van der Waals surface area (Å²) in [6.07, 6.45) is -1.63. The summed E-state index contributed by atoms with van der Waals surface area (Å²) in [5, 5.41) is 11.6. The van der Waals surface area contributed by atoms with Gasteiger partial charge in [0.1, 0.15) is 5.82 Å². The molecule has 0 aromatic carbocycles. The number of alkyl halides is 3. The van der Waals surface area contributed by atoms with Crippen molar-refractivity contribution in [3.8, 4) is 0 Å². The van der Waals surface area contributed by atoms with Gasteiger partial charge < -0.3 is 10.4 Å². The number of aliphatic hydroxyl groups is 1. The molecule has 1 aliphatic rings. The first kappa shape index (κ1) is 15.3. The van der Waals surface area contributed by atoms with E-state index in [0.717, 1.165) is 25.3 Å². The molecule has 1 saturated carbocycles. The highest BCUT2D eigenvalue weighted by Gasteiger charge is 2.34. The number of hydrogen-bond acceptors (Lipinski definition) is 4. The van der Waals surface area contributed by atoms with Gasteiger partial charge in [0, 0.05) is 19.2 Å². The van der Waals surface area contributed by atoms with Gasteiger partial charge in [-0.15, -0.1) is 0 Å². The molecule has 20 heavy (non-hydrogen) atoms. The lowest BCUT2D eigenvalue weighted by atomic mass is 9.97. The third-order valence-corrected chi connectivity index (χ3v) is 3.75. The van der Waals surface area contributed by atoms with Crippen LogP contribution in [-0.2, 0) is 6.18 Å². The standard InChI is InChI=1S/C12H15ClF3N3O/c13-11-18-9(12(14,15)16)4-10(19-11)17-5-7-2-1-3-8(7)6-20/h4,7-8,20H,1-3,5-6H2,(H,17,18,19). The first-order chi connectivity index (χ1) is 9.40. The monoisotopic (exact) mass is 309 g/mol. The van der Waals surface area contributed by atoms with Crippen molar-refractivity contribution in [2.24, 2.45) is 11.8 Å². The Morgan fingerprint density at radius 1 is 1.30 bits per heavy atom. The van der Waals surface area contributed by atoms with E-state index in [9.17, 15) is 18.3 Å². The van der Waals surface area contributed by atoms with E-state index in [4.69, 9.17) is 11.6 Å². The fraction of sp³-hybridized carbons (Fsp3) is 0.667. The highest BCUT2D eigenvalue weighted by molar-refractivity contribution is 6.28. The second-order valence-electron chi connectivity index (χ2n) is 4.92. The summed E-state index contributed by atoms with van der Waals surface area (Å²) < 4.78 is 37.8. The summed E-state index contributed by atoms with van der Waals surface area (Å²) in [4.78, 5) is 6.91. The van der Waals surface area contributed by atoms with E-state index in [-0.39, 0.29) is 24.3 Å². The van der Waals surface area contributed by atoms with Gasteiger partial charge in [-0.2, -0.15) is 13.2 Å². The molecule has 0 bridgehead atoms. The molecule has 2 unspecified atom stereocenters. The van der Waals surface area contributed by atoms with Gasteiger partial charge in [-0.05, 0) is 36.3 Å². The van der Waals surface area contributed by atoms with Crippen molar-refractivity contribution < 1.29 is 18.3 Å². The minimum absolute atomic E-state index is 0.0564.